The van der Waals surface area contributed by atoms with Crippen molar-refractivity contribution in [3.63, 3.8) is 0 Å². The van der Waals surface area contributed by atoms with Crippen molar-refractivity contribution in [3.05, 3.63) is 100 Å². The number of fused-ring (bicyclic) bond motifs is 1. The van der Waals surface area contributed by atoms with Crippen LogP contribution in [-0.2, 0) is 32.3 Å². The summed E-state index contributed by atoms with van der Waals surface area (Å²) in [6, 6.07) is 7.08. The zero-order chi connectivity index (χ0) is 32.5. The van der Waals surface area contributed by atoms with E-state index in [0.29, 0.717) is 6.07 Å². The van der Waals surface area contributed by atoms with Gasteiger partial charge >= 0.3 is 0 Å². The summed E-state index contributed by atoms with van der Waals surface area (Å²) in [5.74, 6) is -3.89. The van der Waals surface area contributed by atoms with Gasteiger partial charge in [0.05, 0.1) is 12.1 Å². The number of carbonyl (C=O) groups is 3. The first kappa shape index (κ1) is 32.5. The first-order chi connectivity index (χ1) is 21.5. The maximum Gasteiger partial charge on any atom is 0.274 e. The molecule has 0 spiro atoms. The number of H-pyrrole nitrogens is 1. The number of primary amides is 1. The summed E-state index contributed by atoms with van der Waals surface area (Å²) >= 11 is 0. The number of rotatable bonds is 14. The normalized spacial score (nSPS) is 11.9. The Morgan fingerprint density at radius 2 is 1.93 bits per heavy atom. The molecule has 0 bridgehead atoms. The largest absolute Gasteiger partial charge is 0.486 e. The second kappa shape index (κ2) is 14.8. The molecule has 0 unspecified atom stereocenters. The molecule has 2 heterocycles. The smallest absolute Gasteiger partial charge is 0.274 e. The van der Waals surface area contributed by atoms with Crippen molar-refractivity contribution in [1.29, 1.82) is 0 Å². The van der Waals surface area contributed by atoms with Crippen LogP contribution < -0.4 is 26.7 Å². The molecule has 0 aliphatic heterocycles. The quantitative estimate of drug-likeness (QED) is 0.156. The molecule has 1 atom stereocenters. The molecule has 12 nitrogen and oxygen atoms in total. The molecule has 0 saturated heterocycles. The second-order valence-electron chi connectivity index (χ2n) is 9.79. The number of benzene rings is 2. The maximum atomic E-state index is 14.3. The van der Waals surface area contributed by atoms with E-state index in [4.69, 9.17) is 15.2 Å². The minimum Gasteiger partial charge on any atom is -0.486 e. The van der Waals surface area contributed by atoms with Gasteiger partial charge in [0.25, 0.3) is 5.56 Å². The van der Waals surface area contributed by atoms with Crippen LogP contribution in [0.1, 0.15) is 24.2 Å². The highest BCUT2D eigenvalue weighted by atomic mass is 19.1. The number of nitrogens with two attached hydrogens (primary N) is 1. The number of aromatic nitrogens is 3. The molecule has 45 heavy (non-hydrogen) atoms. The van der Waals surface area contributed by atoms with Gasteiger partial charge in [0.1, 0.15) is 53.7 Å². The highest BCUT2D eigenvalue weighted by Crippen LogP contribution is 2.27. The number of amides is 3. The topological polar surface area (TPSA) is 170 Å². The van der Waals surface area contributed by atoms with E-state index in [0.717, 1.165) is 18.2 Å². The first-order valence-electron chi connectivity index (χ1n) is 13.5. The number of imidazole rings is 1. The average Bonchev–Trinajstić information content (AvgIpc) is 3.38. The Balaban J connectivity index is 1.51. The second-order valence-corrected chi connectivity index (χ2v) is 9.79. The lowest BCUT2D eigenvalue weighted by molar-refractivity contribution is -0.129. The monoisotopic (exact) mass is 626 g/mol. The number of nitrogens with one attached hydrogen (secondary N) is 3. The van der Waals surface area contributed by atoms with E-state index in [9.17, 15) is 32.3 Å². The minimum absolute atomic E-state index is 0.00294. The minimum atomic E-state index is -1.06. The number of hydrogen-bond acceptors (Lipinski definition) is 7. The maximum absolute atomic E-state index is 14.3. The Morgan fingerprint density at radius 3 is 2.67 bits per heavy atom. The molecule has 2 aromatic carbocycles. The summed E-state index contributed by atoms with van der Waals surface area (Å²) in [5.41, 5.74) is 4.90. The molecule has 4 aromatic rings. The molecule has 0 fully saturated rings. The number of ether oxygens (including phenoxy) is 2. The van der Waals surface area contributed by atoms with Crippen LogP contribution in [0.2, 0.25) is 0 Å². The molecule has 0 saturated carbocycles. The van der Waals surface area contributed by atoms with Gasteiger partial charge in [-0.15, -0.1) is 0 Å². The summed E-state index contributed by atoms with van der Waals surface area (Å²) in [4.78, 5) is 56.7. The van der Waals surface area contributed by atoms with Crippen molar-refractivity contribution in [2.75, 3.05) is 19.0 Å². The molecule has 0 aliphatic rings. The number of aromatic amines is 1. The third-order valence-electron chi connectivity index (χ3n) is 6.39. The van der Waals surface area contributed by atoms with Crippen molar-refractivity contribution in [1.82, 2.24) is 19.9 Å². The molecule has 0 aliphatic carbocycles. The fourth-order valence-electron chi connectivity index (χ4n) is 4.32. The Kier molecular flexibility index (Phi) is 10.7. The molecule has 0 radical (unpaired) electrons. The van der Waals surface area contributed by atoms with E-state index in [2.05, 4.69) is 20.6 Å². The molecular formula is C30H29F3N6O6. The van der Waals surface area contributed by atoms with E-state index < -0.39 is 46.8 Å². The van der Waals surface area contributed by atoms with Gasteiger partial charge < -0.3 is 35.4 Å². The standard InChI is InChI=1S/C30H29F3N6O6/c1-44-16-27(41)36-21(5-2-3-7-25(34)40)29(42)37-22-6-4-10-39(30(22)43)14-26-35-23-12-19(32)13-24(28(23)38-26)45-15-17-8-9-18(31)11-20(17)33/h3-4,6-13,21H,2,5,14-16H2,1H3,(H2,34,40)(H,35,38)(H,36,41)(H,37,42)/b7-3+/t21-/m0/s1. The number of nitrogens with zero attached hydrogens (tertiary/aromatic N) is 2. The van der Waals surface area contributed by atoms with Crippen LogP contribution in [0.3, 0.4) is 0 Å². The number of halogens is 3. The van der Waals surface area contributed by atoms with Crippen molar-refractivity contribution >= 4 is 34.4 Å². The van der Waals surface area contributed by atoms with Crippen molar-refractivity contribution in [3.8, 4) is 5.75 Å². The summed E-state index contributed by atoms with van der Waals surface area (Å²) in [7, 11) is 1.32. The zero-order valence-corrected chi connectivity index (χ0v) is 23.9. The van der Waals surface area contributed by atoms with E-state index >= 15 is 0 Å². The fraction of sp³-hybridized carbons (Fsp3) is 0.233. The van der Waals surface area contributed by atoms with Crippen LogP contribution in [0.5, 0.6) is 5.75 Å². The Labute approximate surface area is 254 Å². The summed E-state index contributed by atoms with van der Waals surface area (Å²) in [6.07, 6.45) is 4.36. The summed E-state index contributed by atoms with van der Waals surface area (Å²) in [5, 5.41) is 5.04. The summed E-state index contributed by atoms with van der Waals surface area (Å²) < 4.78 is 53.3. The highest BCUT2D eigenvalue weighted by molar-refractivity contribution is 5.97. The fourth-order valence-corrected chi connectivity index (χ4v) is 4.32. The molecule has 5 N–H and O–H groups in total. The average molecular weight is 627 g/mol. The van der Waals surface area contributed by atoms with Gasteiger partial charge in [-0.25, -0.2) is 18.2 Å². The van der Waals surface area contributed by atoms with Gasteiger partial charge in [-0.05, 0) is 49.2 Å². The van der Waals surface area contributed by atoms with Crippen molar-refractivity contribution in [2.45, 2.75) is 32.0 Å². The number of pyridine rings is 1. The van der Waals surface area contributed by atoms with Crippen LogP contribution in [0.4, 0.5) is 18.9 Å². The highest BCUT2D eigenvalue weighted by Gasteiger charge is 2.22. The van der Waals surface area contributed by atoms with E-state index in [1.54, 1.807) is 0 Å². The van der Waals surface area contributed by atoms with Crippen LogP contribution in [0, 0.1) is 17.5 Å². The van der Waals surface area contributed by atoms with Crippen LogP contribution in [0.15, 0.2) is 65.6 Å². The summed E-state index contributed by atoms with van der Waals surface area (Å²) in [6.45, 7) is -0.727. The van der Waals surface area contributed by atoms with E-state index in [1.807, 2.05) is 0 Å². The molecule has 236 valence electrons. The predicted molar refractivity (Wildman–Crippen MR) is 157 cm³/mol. The van der Waals surface area contributed by atoms with Gasteiger partial charge in [0.2, 0.25) is 17.7 Å². The van der Waals surface area contributed by atoms with Crippen LogP contribution in [0.25, 0.3) is 11.0 Å². The number of anilines is 1. The van der Waals surface area contributed by atoms with Crippen LogP contribution >= 0.6 is 0 Å². The van der Waals surface area contributed by atoms with Crippen LogP contribution in [-0.4, -0.2) is 52.0 Å². The molecule has 15 heteroatoms. The number of methoxy groups -OCH3 is 1. The zero-order valence-electron chi connectivity index (χ0n) is 23.9. The van der Waals surface area contributed by atoms with E-state index in [1.165, 1.54) is 48.2 Å². The number of hydrogen-bond donors (Lipinski definition) is 4. The molecule has 2 aromatic heterocycles. The number of carbonyl (C=O) groups excluding carboxylic acids is 3. The molecule has 3 amide bonds. The van der Waals surface area contributed by atoms with E-state index in [-0.39, 0.29) is 66.5 Å². The first-order valence-corrected chi connectivity index (χ1v) is 13.5. The predicted octanol–water partition coefficient (Wildman–Crippen LogP) is 2.66. The SMILES string of the molecule is COCC(=O)N[C@@H](CC/C=C/C(N)=O)C(=O)Nc1cccn(Cc2nc3c(OCc4ccc(F)cc4F)cc(F)cc3[nH]2)c1=O. The Morgan fingerprint density at radius 1 is 1.13 bits per heavy atom. The van der Waals surface area contributed by atoms with Gasteiger partial charge in [-0.3, -0.25) is 19.2 Å². The lowest BCUT2D eigenvalue weighted by Crippen LogP contribution is -2.45. The Bertz CT molecular complexity index is 1800. The Hall–Kier alpha value is -5.44. The van der Waals surface area contributed by atoms with Gasteiger partial charge in [-0.1, -0.05) is 6.08 Å². The molecular weight excluding hydrogens is 597 g/mol. The van der Waals surface area contributed by atoms with Crippen molar-refractivity contribution < 1.29 is 37.0 Å². The van der Waals surface area contributed by atoms with Crippen molar-refractivity contribution in [2.24, 2.45) is 5.73 Å². The molecule has 4 rings (SSSR count). The lowest BCUT2D eigenvalue weighted by Gasteiger charge is -2.18. The number of allylic oxidation sites excluding steroid dienone is 1. The lowest BCUT2D eigenvalue weighted by atomic mass is 10.1. The third-order valence-corrected chi connectivity index (χ3v) is 6.39. The van der Waals surface area contributed by atoms with Gasteiger partial charge in [0, 0.05) is 31.0 Å². The third kappa shape index (κ3) is 8.79. The van der Waals surface area contributed by atoms with Gasteiger partial charge in [-0.2, -0.15) is 0 Å². The van der Waals surface area contributed by atoms with Gasteiger partial charge in [0.15, 0.2) is 5.75 Å².